The molecule has 0 aliphatic heterocycles. The molecule has 0 radical (unpaired) electrons. The molecule has 0 bridgehead atoms. The molecule has 0 aliphatic rings. The first-order valence-corrected chi connectivity index (χ1v) is 11.8. The zero-order valence-electron chi connectivity index (χ0n) is 19.9. The van der Waals surface area contributed by atoms with Crippen LogP contribution in [-0.2, 0) is 17.8 Å². The minimum Gasteiger partial charge on any atom is -0.438 e. The summed E-state index contributed by atoms with van der Waals surface area (Å²) in [5.74, 6) is -0.118. The van der Waals surface area contributed by atoms with Crippen LogP contribution < -0.4 is 11.4 Å². The number of rotatable bonds is 8. The van der Waals surface area contributed by atoms with Crippen LogP contribution in [0.15, 0.2) is 47.5 Å². The average Bonchev–Trinajstić information content (AvgIpc) is 3.41. The number of hydrogen-bond donors (Lipinski definition) is 2. The second-order valence-corrected chi connectivity index (χ2v) is 8.99. The van der Waals surface area contributed by atoms with Gasteiger partial charge in [0.1, 0.15) is 12.2 Å². The van der Waals surface area contributed by atoms with Gasteiger partial charge in [-0.1, -0.05) is 23.2 Å². The minimum absolute atomic E-state index is 0.0318. The Labute approximate surface area is 227 Å². The number of aliphatic hydroxyl groups is 1. The predicted octanol–water partition coefficient (Wildman–Crippen LogP) is 3.12. The van der Waals surface area contributed by atoms with Gasteiger partial charge in [0, 0.05) is 16.8 Å². The molecule has 17 heteroatoms. The molecule has 1 amide bonds. The summed E-state index contributed by atoms with van der Waals surface area (Å²) in [5.41, 5.74) is 4.70. The Bertz CT molecular complexity index is 1550. The molecule has 39 heavy (non-hydrogen) atoms. The lowest BCUT2D eigenvalue weighted by molar-refractivity contribution is -0.207. The first-order chi connectivity index (χ1) is 18.3. The number of benzene rings is 1. The van der Waals surface area contributed by atoms with Crippen LogP contribution in [-0.4, -0.2) is 57.6 Å². The number of primary amides is 1. The molecule has 1 aromatic carbocycles. The number of carbonyl (C=O) groups is 1. The van der Waals surface area contributed by atoms with Crippen molar-refractivity contribution >= 4 is 29.3 Å². The summed E-state index contributed by atoms with van der Waals surface area (Å²) >= 11 is 12.2. The molecule has 0 saturated heterocycles. The third-order valence-electron chi connectivity index (χ3n) is 5.36. The van der Waals surface area contributed by atoms with Crippen LogP contribution in [0.2, 0.25) is 10.0 Å². The van der Waals surface area contributed by atoms with Crippen LogP contribution in [0.3, 0.4) is 0 Å². The van der Waals surface area contributed by atoms with Crippen molar-refractivity contribution in [3.8, 4) is 17.1 Å². The number of nitrogens with zero attached hydrogens (tertiary/aromatic N) is 7. The van der Waals surface area contributed by atoms with Crippen molar-refractivity contribution in [3.05, 3.63) is 74.9 Å². The van der Waals surface area contributed by atoms with Gasteiger partial charge in [0.25, 0.3) is 0 Å². The van der Waals surface area contributed by atoms with Crippen LogP contribution in [0.25, 0.3) is 17.1 Å². The molecule has 3 N–H and O–H groups in total. The summed E-state index contributed by atoms with van der Waals surface area (Å²) in [6.45, 7) is -0.0463. The second kappa shape index (κ2) is 11.0. The molecule has 0 spiro atoms. The first kappa shape index (κ1) is 28.1. The average molecular weight is 587 g/mol. The number of pyridine rings is 1. The van der Waals surface area contributed by atoms with Crippen molar-refractivity contribution in [1.29, 1.82) is 0 Å². The summed E-state index contributed by atoms with van der Waals surface area (Å²) in [6, 6.07) is 7.35. The summed E-state index contributed by atoms with van der Waals surface area (Å²) in [5, 5.41) is 18.7. The zero-order chi connectivity index (χ0) is 28.5. The molecule has 0 unspecified atom stereocenters. The van der Waals surface area contributed by atoms with E-state index >= 15 is 0 Å². The number of hydrogen-bond acceptors (Lipinski definition) is 8. The van der Waals surface area contributed by atoms with Gasteiger partial charge in [-0.15, -0.1) is 10.2 Å². The lowest BCUT2D eigenvalue weighted by Gasteiger charge is -2.15. The molecule has 3 aromatic heterocycles. The standard InChI is InChI=1S/C22H19Cl2F3N8O4/c1-11(39-20(28)37)18-30-17(31-35(18)15-8-29-7-6-14(15)24)10-34-21(38)33(9-16(36)22(25,26)27)19(32-34)12-2-4-13(23)5-3-12/h2-8,11,16,36H,9-10H2,1H3,(H2,28,37)/t11-,16-/m0/s1. The molecule has 12 nitrogen and oxygen atoms in total. The SMILES string of the molecule is C[C@H](OC(N)=O)c1nc(Cn2nc(-c3ccc(Cl)cc3)n(C[C@H](O)C(F)(F)F)c2=O)nn1-c1cnccc1Cl. The van der Waals surface area contributed by atoms with E-state index < -0.39 is 43.3 Å². The van der Waals surface area contributed by atoms with Crippen molar-refractivity contribution in [2.45, 2.75) is 38.4 Å². The monoisotopic (exact) mass is 586 g/mol. The second-order valence-electron chi connectivity index (χ2n) is 8.14. The van der Waals surface area contributed by atoms with E-state index in [2.05, 4.69) is 20.2 Å². The van der Waals surface area contributed by atoms with E-state index in [1.54, 1.807) is 0 Å². The fourth-order valence-electron chi connectivity index (χ4n) is 3.56. The zero-order valence-corrected chi connectivity index (χ0v) is 21.4. The third kappa shape index (κ3) is 6.21. The van der Waals surface area contributed by atoms with Crippen LogP contribution in [0.4, 0.5) is 18.0 Å². The Morgan fingerprint density at radius 1 is 1.18 bits per heavy atom. The third-order valence-corrected chi connectivity index (χ3v) is 5.93. The molecule has 3 heterocycles. The summed E-state index contributed by atoms with van der Waals surface area (Å²) in [7, 11) is 0. The lowest BCUT2D eigenvalue weighted by Crippen LogP contribution is -2.37. The van der Waals surface area contributed by atoms with Crippen molar-refractivity contribution in [2.24, 2.45) is 5.73 Å². The molecule has 0 aliphatic carbocycles. The van der Waals surface area contributed by atoms with E-state index in [0.29, 0.717) is 9.59 Å². The number of aliphatic hydroxyl groups excluding tert-OH is 1. The van der Waals surface area contributed by atoms with Gasteiger partial charge in [-0.25, -0.2) is 23.9 Å². The molecule has 2 atom stereocenters. The van der Waals surface area contributed by atoms with E-state index in [0.717, 1.165) is 4.68 Å². The Morgan fingerprint density at radius 2 is 1.87 bits per heavy atom. The Balaban J connectivity index is 1.79. The van der Waals surface area contributed by atoms with E-state index in [1.807, 2.05) is 0 Å². The van der Waals surface area contributed by atoms with Crippen molar-refractivity contribution < 1.29 is 27.8 Å². The van der Waals surface area contributed by atoms with Gasteiger partial charge in [-0.3, -0.25) is 9.55 Å². The number of nitrogens with two attached hydrogens (primary N) is 1. The molecule has 4 aromatic rings. The summed E-state index contributed by atoms with van der Waals surface area (Å²) in [6.07, 6.45) is -7.09. The normalized spacial score (nSPS) is 13.3. The highest BCUT2D eigenvalue weighted by molar-refractivity contribution is 6.32. The largest absolute Gasteiger partial charge is 0.438 e. The van der Waals surface area contributed by atoms with Crippen LogP contribution in [0.1, 0.15) is 24.7 Å². The van der Waals surface area contributed by atoms with Crippen molar-refractivity contribution in [1.82, 2.24) is 34.1 Å². The van der Waals surface area contributed by atoms with Gasteiger partial charge in [0.15, 0.2) is 29.7 Å². The molecule has 0 saturated carbocycles. The maximum absolute atomic E-state index is 13.2. The van der Waals surface area contributed by atoms with Crippen molar-refractivity contribution in [2.75, 3.05) is 0 Å². The highest BCUT2D eigenvalue weighted by Gasteiger charge is 2.39. The lowest BCUT2D eigenvalue weighted by atomic mass is 10.2. The van der Waals surface area contributed by atoms with Gasteiger partial charge in [0.2, 0.25) is 0 Å². The predicted molar refractivity (Wildman–Crippen MR) is 131 cm³/mol. The number of amides is 1. The first-order valence-electron chi connectivity index (χ1n) is 11.0. The maximum atomic E-state index is 13.2. The van der Waals surface area contributed by atoms with Gasteiger partial charge >= 0.3 is 18.0 Å². The number of aromatic nitrogens is 7. The van der Waals surface area contributed by atoms with Crippen LogP contribution >= 0.6 is 23.2 Å². The minimum atomic E-state index is -4.98. The maximum Gasteiger partial charge on any atom is 0.416 e. The highest BCUT2D eigenvalue weighted by Crippen LogP contribution is 2.26. The van der Waals surface area contributed by atoms with Crippen molar-refractivity contribution in [3.63, 3.8) is 0 Å². The highest BCUT2D eigenvalue weighted by atomic mass is 35.5. The van der Waals surface area contributed by atoms with Gasteiger partial charge < -0.3 is 15.6 Å². The Morgan fingerprint density at radius 3 is 2.49 bits per heavy atom. The van der Waals surface area contributed by atoms with Gasteiger partial charge in [-0.2, -0.15) is 13.2 Å². The van der Waals surface area contributed by atoms with Crippen LogP contribution in [0, 0.1) is 0 Å². The van der Waals surface area contributed by atoms with E-state index in [1.165, 1.54) is 54.3 Å². The number of carbonyl (C=O) groups excluding carboxylic acids is 1. The molecule has 206 valence electrons. The van der Waals surface area contributed by atoms with Gasteiger partial charge in [-0.05, 0) is 37.3 Å². The molecular weight excluding hydrogens is 568 g/mol. The molecule has 4 rings (SSSR count). The van der Waals surface area contributed by atoms with E-state index in [4.69, 9.17) is 33.7 Å². The fourth-order valence-corrected chi connectivity index (χ4v) is 3.87. The summed E-state index contributed by atoms with van der Waals surface area (Å²) < 4.78 is 47.1. The smallest absolute Gasteiger partial charge is 0.416 e. The topological polar surface area (TPSA) is 156 Å². The van der Waals surface area contributed by atoms with E-state index in [9.17, 15) is 27.9 Å². The van der Waals surface area contributed by atoms with Gasteiger partial charge in [0.05, 0.1) is 17.8 Å². The fraction of sp³-hybridized carbons (Fsp3) is 0.273. The number of halogens is 5. The molecule has 0 fully saturated rings. The Hall–Kier alpha value is -3.95. The Kier molecular flexibility index (Phi) is 7.94. The van der Waals surface area contributed by atoms with E-state index in [-0.39, 0.29) is 33.7 Å². The number of ether oxygens (including phenoxy) is 1. The van der Waals surface area contributed by atoms with Crippen LogP contribution in [0.5, 0.6) is 0 Å². The number of alkyl halides is 3. The quantitative estimate of drug-likeness (QED) is 0.319. The summed E-state index contributed by atoms with van der Waals surface area (Å²) in [4.78, 5) is 32.8. The molecular formula is C22H19Cl2F3N8O4.